The number of hydrogen-bond donors (Lipinski definition) is 1. The summed E-state index contributed by atoms with van der Waals surface area (Å²) in [7, 11) is 0. The largest absolute Gasteiger partial charge is 0.457 e. The normalized spacial score (nSPS) is 15.0. The van der Waals surface area contributed by atoms with E-state index in [-0.39, 0.29) is 17.9 Å². The quantitative estimate of drug-likeness (QED) is 0.279. The summed E-state index contributed by atoms with van der Waals surface area (Å²) in [6.45, 7) is 0.107. The van der Waals surface area contributed by atoms with Crippen molar-refractivity contribution in [2.24, 2.45) is 0 Å². The predicted molar refractivity (Wildman–Crippen MR) is 109 cm³/mol. The molecule has 0 atom stereocenters. The van der Waals surface area contributed by atoms with Gasteiger partial charge in [0, 0.05) is 28.8 Å². The molecule has 4 rings (SSSR count). The van der Waals surface area contributed by atoms with E-state index < -0.39 is 16.9 Å². The van der Waals surface area contributed by atoms with Gasteiger partial charge < -0.3 is 9.73 Å². The second kappa shape index (κ2) is 7.84. The number of carbonyl (C=O) groups is 2. The molecule has 2 heterocycles. The molecule has 3 aromatic rings. The summed E-state index contributed by atoms with van der Waals surface area (Å²) in [5.74, 6) is 0.247. The van der Waals surface area contributed by atoms with Gasteiger partial charge in [0.1, 0.15) is 17.2 Å². The Morgan fingerprint density at radius 2 is 1.87 bits per heavy atom. The van der Waals surface area contributed by atoms with Gasteiger partial charge >= 0.3 is 6.03 Å². The van der Waals surface area contributed by atoms with Crippen LogP contribution < -0.4 is 5.32 Å². The number of urea groups is 1. The Bertz CT molecular complexity index is 1180. The molecule has 0 saturated carbocycles. The summed E-state index contributed by atoms with van der Waals surface area (Å²) in [4.78, 5) is 36.4. The number of hydrogen-bond acceptors (Lipinski definition) is 5. The molecule has 3 amide bonds. The van der Waals surface area contributed by atoms with Crippen molar-refractivity contribution in [2.45, 2.75) is 6.54 Å². The van der Waals surface area contributed by atoms with Crippen LogP contribution in [0.4, 0.5) is 10.5 Å². The first kappa shape index (κ1) is 19.4. The molecule has 8 nitrogen and oxygen atoms in total. The number of furan rings is 1. The number of non-ortho nitro benzene ring substituents is 1. The van der Waals surface area contributed by atoms with Gasteiger partial charge in [-0.1, -0.05) is 35.9 Å². The second-order valence-corrected chi connectivity index (χ2v) is 6.95. The molecule has 0 radical (unpaired) electrons. The molecule has 1 aliphatic rings. The SMILES string of the molecule is O=C1N/C(=C/c2ccc(-c3cccc([N+](=O)[O-])c3)o2)C(=O)N1Cc1ccc(Cl)cc1. The zero-order valence-corrected chi connectivity index (χ0v) is 16.1. The molecular formula is C21H14ClN3O5. The van der Waals surface area contributed by atoms with E-state index in [1.165, 1.54) is 18.2 Å². The van der Waals surface area contributed by atoms with Crippen LogP contribution in [-0.4, -0.2) is 21.8 Å². The van der Waals surface area contributed by atoms with E-state index in [1.54, 1.807) is 48.5 Å². The summed E-state index contributed by atoms with van der Waals surface area (Å²) in [5, 5.41) is 14.0. The molecule has 1 fully saturated rings. The van der Waals surface area contributed by atoms with Crippen LogP contribution in [0.5, 0.6) is 0 Å². The first-order chi connectivity index (χ1) is 14.4. The van der Waals surface area contributed by atoms with Gasteiger partial charge in [-0.2, -0.15) is 0 Å². The van der Waals surface area contributed by atoms with Crippen LogP contribution in [0.15, 0.2) is 70.8 Å². The number of rotatable bonds is 5. The van der Waals surface area contributed by atoms with Gasteiger partial charge in [-0.3, -0.25) is 19.8 Å². The molecule has 0 unspecified atom stereocenters. The fraction of sp³-hybridized carbons (Fsp3) is 0.0476. The molecule has 150 valence electrons. The third-order valence-corrected chi connectivity index (χ3v) is 4.72. The standard InChI is InChI=1S/C21H14ClN3O5/c22-15-6-4-13(5-7-15)12-24-20(26)18(23-21(24)27)11-17-8-9-19(30-17)14-2-1-3-16(10-14)25(28)29/h1-11H,12H2,(H,23,27)/b18-11+. The van der Waals surface area contributed by atoms with E-state index in [0.29, 0.717) is 22.1 Å². The average molecular weight is 424 g/mol. The van der Waals surface area contributed by atoms with Gasteiger partial charge in [-0.25, -0.2) is 4.79 Å². The van der Waals surface area contributed by atoms with Crippen molar-refractivity contribution in [1.82, 2.24) is 10.2 Å². The van der Waals surface area contributed by atoms with Crippen LogP contribution in [0.2, 0.25) is 5.02 Å². The summed E-state index contributed by atoms with van der Waals surface area (Å²) < 4.78 is 5.68. The monoisotopic (exact) mass is 423 g/mol. The first-order valence-electron chi connectivity index (χ1n) is 8.84. The van der Waals surface area contributed by atoms with Gasteiger partial charge in [0.25, 0.3) is 11.6 Å². The first-order valence-corrected chi connectivity index (χ1v) is 9.22. The number of imide groups is 1. The molecule has 1 N–H and O–H groups in total. The smallest absolute Gasteiger partial charge is 0.329 e. The molecule has 1 aliphatic heterocycles. The van der Waals surface area contributed by atoms with Crippen molar-refractivity contribution in [3.8, 4) is 11.3 Å². The van der Waals surface area contributed by atoms with E-state index >= 15 is 0 Å². The molecular weight excluding hydrogens is 410 g/mol. The van der Waals surface area contributed by atoms with Gasteiger partial charge in [0.15, 0.2) is 0 Å². The molecule has 1 saturated heterocycles. The highest BCUT2D eigenvalue weighted by atomic mass is 35.5. The molecule has 9 heteroatoms. The molecule has 0 bridgehead atoms. The Morgan fingerprint density at radius 1 is 1.10 bits per heavy atom. The fourth-order valence-electron chi connectivity index (χ4n) is 2.99. The number of amides is 3. The molecule has 0 spiro atoms. The third kappa shape index (κ3) is 3.94. The minimum atomic E-state index is -0.535. The lowest BCUT2D eigenvalue weighted by atomic mass is 10.1. The lowest BCUT2D eigenvalue weighted by Crippen LogP contribution is -2.30. The maximum Gasteiger partial charge on any atom is 0.329 e. The second-order valence-electron chi connectivity index (χ2n) is 6.52. The lowest BCUT2D eigenvalue weighted by molar-refractivity contribution is -0.384. The minimum Gasteiger partial charge on any atom is -0.457 e. The molecule has 1 aromatic heterocycles. The van der Waals surface area contributed by atoms with Crippen molar-refractivity contribution < 1.29 is 18.9 Å². The molecule has 2 aromatic carbocycles. The van der Waals surface area contributed by atoms with E-state index in [2.05, 4.69) is 5.32 Å². The number of nitrogens with zero attached hydrogens (tertiary/aromatic N) is 2. The van der Waals surface area contributed by atoms with E-state index in [9.17, 15) is 19.7 Å². The van der Waals surface area contributed by atoms with Crippen LogP contribution in [0, 0.1) is 10.1 Å². The highest BCUT2D eigenvalue weighted by Crippen LogP contribution is 2.27. The predicted octanol–water partition coefficient (Wildman–Crippen LogP) is 4.60. The minimum absolute atomic E-state index is 0.0557. The number of carbonyl (C=O) groups excluding carboxylic acids is 2. The summed E-state index contributed by atoms with van der Waals surface area (Å²) in [6.07, 6.45) is 1.42. The zero-order chi connectivity index (χ0) is 21.3. The van der Waals surface area contributed by atoms with Gasteiger partial charge in [-0.05, 0) is 29.8 Å². The number of nitro groups is 1. The number of nitro benzene ring substituents is 1. The Balaban J connectivity index is 1.53. The maximum absolute atomic E-state index is 12.6. The van der Waals surface area contributed by atoms with Crippen molar-refractivity contribution in [2.75, 3.05) is 0 Å². The van der Waals surface area contributed by atoms with Gasteiger partial charge in [0.05, 0.1) is 11.5 Å². The van der Waals surface area contributed by atoms with Crippen LogP contribution in [0.3, 0.4) is 0 Å². The average Bonchev–Trinajstić information content (AvgIpc) is 3.30. The van der Waals surface area contributed by atoms with Crippen molar-refractivity contribution in [3.63, 3.8) is 0 Å². The van der Waals surface area contributed by atoms with Gasteiger partial charge in [-0.15, -0.1) is 0 Å². The highest BCUT2D eigenvalue weighted by Gasteiger charge is 2.33. The maximum atomic E-state index is 12.6. The number of benzene rings is 2. The topological polar surface area (TPSA) is 106 Å². The van der Waals surface area contributed by atoms with E-state index in [1.807, 2.05) is 0 Å². The Hall–Kier alpha value is -3.91. The van der Waals surface area contributed by atoms with Crippen LogP contribution in [-0.2, 0) is 11.3 Å². The Morgan fingerprint density at radius 3 is 2.60 bits per heavy atom. The molecule has 0 aliphatic carbocycles. The Labute approximate surface area is 175 Å². The van der Waals surface area contributed by atoms with Crippen LogP contribution in [0.25, 0.3) is 17.4 Å². The summed E-state index contributed by atoms with van der Waals surface area (Å²) in [5.41, 5.74) is 1.31. The van der Waals surface area contributed by atoms with Crippen molar-refractivity contribution in [1.29, 1.82) is 0 Å². The van der Waals surface area contributed by atoms with Crippen LogP contribution >= 0.6 is 11.6 Å². The summed E-state index contributed by atoms with van der Waals surface area (Å²) >= 11 is 5.86. The number of halogens is 1. The number of nitrogens with one attached hydrogen (secondary N) is 1. The van der Waals surface area contributed by atoms with Gasteiger partial charge in [0.2, 0.25) is 0 Å². The lowest BCUT2D eigenvalue weighted by Gasteiger charge is -2.11. The van der Waals surface area contributed by atoms with E-state index in [4.69, 9.17) is 16.0 Å². The van der Waals surface area contributed by atoms with Crippen molar-refractivity contribution in [3.05, 3.63) is 92.8 Å². The third-order valence-electron chi connectivity index (χ3n) is 4.47. The summed E-state index contributed by atoms with van der Waals surface area (Å²) in [6, 6.07) is 15.6. The van der Waals surface area contributed by atoms with Crippen molar-refractivity contribution >= 4 is 35.3 Å². The van der Waals surface area contributed by atoms with Crippen LogP contribution in [0.1, 0.15) is 11.3 Å². The molecule has 30 heavy (non-hydrogen) atoms. The Kier molecular flexibility index (Phi) is 5.07. The van der Waals surface area contributed by atoms with E-state index in [0.717, 1.165) is 10.5 Å². The zero-order valence-electron chi connectivity index (χ0n) is 15.4. The fourth-order valence-corrected chi connectivity index (χ4v) is 3.11. The highest BCUT2D eigenvalue weighted by molar-refractivity contribution is 6.30.